The number of morpholine rings is 1. The number of benzene rings is 1. The zero-order valence-corrected chi connectivity index (χ0v) is 16.0. The van der Waals surface area contributed by atoms with Crippen LogP contribution in [0, 0.1) is 6.92 Å². The molecule has 1 aromatic carbocycles. The summed E-state index contributed by atoms with van der Waals surface area (Å²) in [6, 6.07) is 10.4. The summed E-state index contributed by atoms with van der Waals surface area (Å²) in [6.45, 7) is 5.09. The Morgan fingerprint density at radius 1 is 1.11 bits per heavy atom. The first-order valence-electron chi connectivity index (χ1n) is 9.47. The Hall–Kier alpha value is -3.19. The molecule has 3 aromatic heterocycles. The maximum Gasteiger partial charge on any atom is 0.148 e. The number of hydrogen-bond acceptors (Lipinski definition) is 5. The molecule has 28 heavy (non-hydrogen) atoms. The highest BCUT2D eigenvalue weighted by Crippen LogP contribution is 2.33. The van der Waals surface area contributed by atoms with Crippen molar-refractivity contribution in [2.75, 3.05) is 31.2 Å². The molecule has 0 bridgehead atoms. The molecule has 7 nitrogen and oxygen atoms in total. The second kappa shape index (κ2) is 6.76. The fraction of sp³-hybridized carbons (Fsp3) is 0.286. The van der Waals surface area contributed by atoms with Gasteiger partial charge in [-0.25, -0.2) is 9.97 Å². The number of hydrogen-bond donors (Lipinski definition) is 0. The molecule has 142 valence electrons. The first-order valence-corrected chi connectivity index (χ1v) is 9.47. The van der Waals surface area contributed by atoms with Crippen molar-refractivity contribution in [3.05, 3.63) is 54.6 Å². The summed E-state index contributed by atoms with van der Waals surface area (Å²) in [4.78, 5) is 12.0. The SMILES string of the molecule is Cc1nn(C)cc1-n1ccnc1-c1cc2ccccc2nc1N1CCOCC1. The number of anilines is 1. The van der Waals surface area contributed by atoms with Crippen LogP contribution in [-0.2, 0) is 11.8 Å². The summed E-state index contributed by atoms with van der Waals surface area (Å²) in [5.41, 5.74) is 4.00. The average molecular weight is 374 g/mol. The quantitative estimate of drug-likeness (QED) is 0.552. The lowest BCUT2D eigenvalue weighted by Gasteiger charge is -2.29. The lowest BCUT2D eigenvalue weighted by molar-refractivity contribution is 0.122. The number of imidazole rings is 1. The van der Waals surface area contributed by atoms with Gasteiger partial charge in [0.15, 0.2) is 0 Å². The summed E-state index contributed by atoms with van der Waals surface area (Å²) < 4.78 is 9.47. The van der Waals surface area contributed by atoms with Gasteiger partial charge < -0.3 is 9.64 Å². The molecule has 0 unspecified atom stereocenters. The Morgan fingerprint density at radius 3 is 2.71 bits per heavy atom. The Kier molecular flexibility index (Phi) is 4.09. The first-order chi connectivity index (χ1) is 13.7. The van der Waals surface area contributed by atoms with Crippen LogP contribution in [0.5, 0.6) is 0 Å². The third-order valence-corrected chi connectivity index (χ3v) is 5.14. The van der Waals surface area contributed by atoms with Gasteiger partial charge in [-0.2, -0.15) is 5.10 Å². The first kappa shape index (κ1) is 16.9. The van der Waals surface area contributed by atoms with E-state index in [1.807, 2.05) is 49.4 Å². The molecule has 0 spiro atoms. The molecule has 0 amide bonds. The maximum absolute atomic E-state index is 5.55. The van der Waals surface area contributed by atoms with E-state index in [0.29, 0.717) is 13.2 Å². The molecule has 1 saturated heterocycles. The molecule has 0 N–H and O–H groups in total. The van der Waals surface area contributed by atoms with Crippen molar-refractivity contribution in [2.24, 2.45) is 7.05 Å². The molecule has 1 aliphatic rings. The Bertz CT molecular complexity index is 1140. The zero-order chi connectivity index (χ0) is 19.1. The number of nitrogens with zero attached hydrogens (tertiary/aromatic N) is 6. The summed E-state index contributed by atoms with van der Waals surface area (Å²) in [6.07, 6.45) is 5.83. The highest BCUT2D eigenvalue weighted by molar-refractivity contribution is 5.88. The maximum atomic E-state index is 5.55. The molecule has 0 radical (unpaired) electrons. The second-order valence-corrected chi connectivity index (χ2v) is 7.05. The highest BCUT2D eigenvalue weighted by atomic mass is 16.5. The van der Waals surface area contributed by atoms with Gasteiger partial charge in [-0.1, -0.05) is 18.2 Å². The van der Waals surface area contributed by atoms with E-state index in [2.05, 4.69) is 32.8 Å². The summed E-state index contributed by atoms with van der Waals surface area (Å²) >= 11 is 0. The second-order valence-electron chi connectivity index (χ2n) is 7.05. The van der Waals surface area contributed by atoms with E-state index in [1.54, 1.807) is 0 Å². The van der Waals surface area contributed by atoms with E-state index in [-0.39, 0.29) is 0 Å². The third kappa shape index (κ3) is 2.84. The molecular weight excluding hydrogens is 352 g/mol. The molecular formula is C21H22N6O. The third-order valence-electron chi connectivity index (χ3n) is 5.14. The van der Waals surface area contributed by atoms with Gasteiger partial charge in [0.25, 0.3) is 0 Å². The Balaban J connectivity index is 1.72. The van der Waals surface area contributed by atoms with E-state index in [4.69, 9.17) is 14.7 Å². The van der Waals surface area contributed by atoms with Crippen molar-refractivity contribution < 1.29 is 4.74 Å². The van der Waals surface area contributed by atoms with E-state index in [0.717, 1.165) is 52.6 Å². The van der Waals surface area contributed by atoms with Gasteiger partial charge in [-0.3, -0.25) is 9.25 Å². The topological polar surface area (TPSA) is 61.0 Å². The summed E-state index contributed by atoms with van der Waals surface area (Å²) in [7, 11) is 1.93. The summed E-state index contributed by atoms with van der Waals surface area (Å²) in [5, 5.41) is 5.59. The molecule has 1 aliphatic heterocycles. The smallest absolute Gasteiger partial charge is 0.148 e. The predicted molar refractivity (Wildman–Crippen MR) is 109 cm³/mol. The van der Waals surface area contributed by atoms with E-state index >= 15 is 0 Å². The number of aromatic nitrogens is 5. The van der Waals surface area contributed by atoms with Crippen LogP contribution in [0.15, 0.2) is 48.9 Å². The van der Waals surface area contributed by atoms with Crippen molar-refractivity contribution in [3.63, 3.8) is 0 Å². The van der Waals surface area contributed by atoms with Gasteiger partial charge in [-0.05, 0) is 19.1 Å². The number of ether oxygens (including phenoxy) is 1. The van der Waals surface area contributed by atoms with Crippen molar-refractivity contribution >= 4 is 16.7 Å². The minimum atomic E-state index is 0.712. The lowest BCUT2D eigenvalue weighted by atomic mass is 10.1. The van der Waals surface area contributed by atoms with E-state index in [9.17, 15) is 0 Å². The Morgan fingerprint density at radius 2 is 1.93 bits per heavy atom. The van der Waals surface area contributed by atoms with Gasteiger partial charge in [0.05, 0.1) is 35.7 Å². The normalized spacial score (nSPS) is 14.7. The largest absolute Gasteiger partial charge is 0.378 e. The van der Waals surface area contributed by atoms with Gasteiger partial charge in [0.2, 0.25) is 0 Å². The monoisotopic (exact) mass is 374 g/mol. The minimum absolute atomic E-state index is 0.712. The average Bonchev–Trinajstić information content (AvgIpc) is 3.33. The number of fused-ring (bicyclic) bond motifs is 1. The fourth-order valence-electron chi connectivity index (χ4n) is 3.81. The molecule has 0 atom stereocenters. The van der Waals surface area contributed by atoms with E-state index < -0.39 is 0 Å². The van der Waals surface area contributed by atoms with Crippen molar-refractivity contribution in [1.29, 1.82) is 0 Å². The number of pyridine rings is 1. The zero-order valence-electron chi connectivity index (χ0n) is 16.0. The van der Waals surface area contributed by atoms with Crippen LogP contribution in [0.4, 0.5) is 5.82 Å². The standard InChI is InChI=1S/C21H22N6O/c1-15-19(14-25(2)24-15)27-8-7-22-20(27)17-13-16-5-3-4-6-18(16)23-21(17)26-9-11-28-12-10-26/h3-8,13-14H,9-12H2,1-2H3. The highest BCUT2D eigenvalue weighted by Gasteiger charge is 2.22. The van der Waals surface area contributed by atoms with E-state index in [1.165, 1.54) is 0 Å². The van der Waals surface area contributed by atoms with Crippen LogP contribution >= 0.6 is 0 Å². The van der Waals surface area contributed by atoms with Gasteiger partial charge in [0, 0.05) is 44.1 Å². The fourth-order valence-corrected chi connectivity index (χ4v) is 3.81. The van der Waals surface area contributed by atoms with Crippen molar-refractivity contribution in [3.8, 4) is 17.1 Å². The molecule has 7 heteroatoms. The van der Waals surface area contributed by atoms with Crippen LogP contribution in [0.3, 0.4) is 0 Å². The lowest BCUT2D eigenvalue weighted by Crippen LogP contribution is -2.37. The van der Waals surface area contributed by atoms with Crippen LogP contribution in [0.2, 0.25) is 0 Å². The molecule has 0 aliphatic carbocycles. The van der Waals surface area contributed by atoms with Gasteiger partial charge in [0.1, 0.15) is 11.6 Å². The minimum Gasteiger partial charge on any atom is -0.378 e. The number of rotatable bonds is 3. The van der Waals surface area contributed by atoms with Crippen LogP contribution < -0.4 is 4.90 Å². The van der Waals surface area contributed by atoms with Crippen LogP contribution in [0.25, 0.3) is 28.0 Å². The predicted octanol–water partition coefficient (Wildman–Crippen LogP) is 2.97. The molecule has 4 aromatic rings. The van der Waals surface area contributed by atoms with Crippen molar-refractivity contribution in [1.82, 2.24) is 24.3 Å². The molecule has 1 fully saturated rings. The Labute approximate surface area is 163 Å². The molecule has 0 saturated carbocycles. The molecule has 4 heterocycles. The molecule has 5 rings (SSSR count). The number of para-hydroxylation sites is 1. The van der Waals surface area contributed by atoms with Crippen LogP contribution in [0.1, 0.15) is 5.69 Å². The van der Waals surface area contributed by atoms with Crippen LogP contribution in [-0.4, -0.2) is 50.6 Å². The number of aryl methyl sites for hydroxylation is 2. The van der Waals surface area contributed by atoms with Gasteiger partial charge in [-0.15, -0.1) is 0 Å². The van der Waals surface area contributed by atoms with Crippen molar-refractivity contribution in [2.45, 2.75) is 6.92 Å². The van der Waals surface area contributed by atoms with Gasteiger partial charge >= 0.3 is 0 Å². The summed E-state index contributed by atoms with van der Waals surface area (Å²) in [5.74, 6) is 1.83.